The number of rotatable bonds is 2. The number of piperidine rings is 1. The molecule has 2 aliphatic rings. The smallest absolute Gasteiger partial charge is 0.243 e. The van der Waals surface area contributed by atoms with Gasteiger partial charge in [-0.25, -0.2) is 13.8 Å². The Bertz CT molecular complexity index is 278. The molecule has 1 aliphatic heterocycles. The fraction of sp³-hybridized carbons (Fsp3) is 0.909. The van der Waals surface area contributed by atoms with Crippen LogP contribution in [0.4, 0.5) is 8.78 Å². The third-order valence-electron chi connectivity index (χ3n) is 3.53. The number of nitrogens with zero attached hydrogens (tertiary/aromatic N) is 2. The molecular weight excluding hydrogens is 339 g/mol. The SMILES string of the molecule is CC1CCN(C(N)=N[C@H]2C[C@@H]2C(F)F)CC1.I. The summed E-state index contributed by atoms with van der Waals surface area (Å²) in [6.07, 6.45) is 0.462. The summed E-state index contributed by atoms with van der Waals surface area (Å²) in [5, 5.41) is 0. The molecular formula is C11H20F2IN3. The first-order chi connectivity index (χ1) is 7.58. The van der Waals surface area contributed by atoms with E-state index in [0.717, 1.165) is 31.8 Å². The maximum Gasteiger partial charge on any atom is 0.243 e. The standard InChI is InChI=1S/C11H19F2N3.HI/c1-7-2-4-16(5-3-7)11(14)15-9-6-8(9)10(12)13;/h7-10H,2-6H2,1H3,(H2,14,15);1H/t8-,9-;/m0./s1. The minimum Gasteiger partial charge on any atom is -0.370 e. The van der Waals surface area contributed by atoms with Gasteiger partial charge < -0.3 is 10.6 Å². The van der Waals surface area contributed by atoms with Gasteiger partial charge in [-0.15, -0.1) is 24.0 Å². The molecule has 1 saturated carbocycles. The topological polar surface area (TPSA) is 41.6 Å². The monoisotopic (exact) mass is 359 g/mol. The summed E-state index contributed by atoms with van der Waals surface area (Å²) in [6.45, 7) is 4.03. The molecule has 0 unspecified atom stereocenters. The highest BCUT2D eigenvalue weighted by molar-refractivity contribution is 14.0. The number of likely N-dealkylation sites (tertiary alicyclic amines) is 1. The summed E-state index contributed by atoms with van der Waals surface area (Å²) in [7, 11) is 0. The Morgan fingerprint density at radius 3 is 2.41 bits per heavy atom. The van der Waals surface area contributed by atoms with Crippen molar-refractivity contribution in [1.82, 2.24) is 4.90 Å². The van der Waals surface area contributed by atoms with Crippen LogP contribution in [-0.4, -0.2) is 36.4 Å². The van der Waals surface area contributed by atoms with E-state index in [2.05, 4.69) is 11.9 Å². The van der Waals surface area contributed by atoms with E-state index >= 15 is 0 Å². The average Bonchev–Trinajstić information content (AvgIpc) is 2.98. The van der Waals surface area contributed by atoms with Gasteiger partial charge in [-0.05, 0) is 25.2 Å². The molecule has 0 amide bonds. The number of guanidine groups is 1. The lowest BCUT2D eigenvalue weighted by molar-refractivity contribution is 0.120. The van der Waals surface area contributed by atoms with Crippen LogP contribution in [0.1, 0.15) is 26.2 Å². The Kier molecular flexibility index (Phi) is 5.40. The molecule has 0 bridgehead atoms. The van der Waals surface area contributed by atoms with Crippen LogP contribution in [0.3, 0.4) is 0 Å². The number of halogens is 3. The third kappa shape index (κ3) is 3.93. The maximum atomic E-state index is 12.3. The summed E-state index contributed by atoms with van der Waals surface area (Å²) in [5.74, 6) is 0.640. The first-order valence-corrected chi connectivity index (χ1v) is 5.94. The quantitative estimate of drug-likeness (QED) is 0.467. The lowest BCUT2D eigenvalue weighted by Gasteiger charge is -2.31. The highest BCUT2D eigenvalue weighted by Gasteiger charge is 2.44. The van der Waals surface area contributed by atoms with Gasteiger partial charge in [0.25, 0.3) is 0 Å². The zero-order valence-electron chi connectivity index (χ0n) is 9.98. The van der Waals surface area contributed by atoms with Crippen molar-refractivity contribution in [3.8, 4) is 0 Å². The van der Waals surface area contributed by atoms with Gasteiger partial charge in [0.1, 0.15) is 0 Å². The first-order valence-electron chi connectivity index (χ1n) is 5.94. The molecule has 2 fully saturated rings. The Hall–Kier alpha value is -0.140. The lowest BCUT2D eigenvalue weighted by atomic mass is 10.00. The van der Waals surface area contributed by atoms with Gasteiger partial charge in [0.05, 0.1) is 6.04 Å². The van der Waals surface area contributed by atoms with Gasteiger partial charge in [0.15, 0.2) is 5.96 Å². The van der Waals surface area contributed by atoms with Crippen LogP contribution < -0.4 is 5.73 Å². The molecule has 100 valence electrons. The minimum atomic E-state index is -2.25. The predicted octanol–water partition coefficient (Wildman–Crippen LogP) is 2.30. The van der Waals surface area contributed by atoms with E-state index in [4.69, 9.17) is 5.73 Å². The van der Waals surface area contributed by atoms with Crippen molar-refractivity contribution < 1.29 is 8.78 Å². The second-order valence-electron chi connectivity index (χ2n) is 4.96. The molecule has 2 N–H and O–H groups in total. The lowest BCUT2D eigenvalue weighted by Crippen LogP contribution is -2.42. The van der Waals surface area contributed by atoms with E-state index in [1.165, 1.54) is 0 Å². The summed E-state index contributed by atoms with van der Waals surface area (Å²) in [4.78, 5) is 6.19. The van der Waals surface area contributed by atoms with Gasteiger partial charge in [-0.1, -0.05) is 6.92 Å². The van der Waals surface area contributed by atoms with Gasteiger partial charge in [0, 0.05) is 19.0 Å². The van der Waals surface area contributed by atoms with Crippen LogP contribution in [0.5, 0.6) is 0 Å². The zero-order valence-corrected chi connectivity index (χ0v) is 12.3. The van der Waals surface area contributed by atoms with Gasteiger partial charge in [-0.2, -0.15) is 0 Å². The molecule has 0 spiro atoms. The summed E-state index contributed by atoms with van der Waals surface area (Å²) in [6, 6.07) is -0.237. The summed E-state index contributed by atoms with van der Waals surface area (Å²) in [5.41, 5.74) is 5.83. The normalized spacial score (nSPS) is 30.4. The van der Waals surface area contributed by atoms with E-state index in [0.29, 0.717) is 12.4 Å². The van der Waals surface area contributed by atoms with E-state index in [-0.39, 0.29) is 30.0 Å². The van der Waals surface area contributed by atoms with E-state index in [1.54, 1.807) is 0 Å². The Labute approximate surface area is 118 Å². The van der Waals surface area contributed by atoms with Crippen molar-refractivity contribution in [2.24, 2.45) is 22.6 Å². The van der Waals surface area contributed by atoms with E-state index in [1.807, 2.05) is 4.90 Å². The van der Waals surface area contributed by atoms with Crippen LogP contribution in [0.2, 0.25) is 0 Å². The molecule has 1 aliphatic carbocycles. The molecule has 0 aromatic heterocycles. The summed E-state index contributed by atoms with van der Waals surface area (Å²) >= 11 is 0. The molecule has 3 nitrogen and oxygen atoms in total. The van der Waals surface area contributed by atoms with Gasteiger partial charge in [-0.3, -0.25) is 0 Å². The molecule has 2 atom stereocenters. The average molecular weight is 359 g/mol. The van der Waals surface area contributed by atoms with Gasteiger partial charge in [0.2, 0.25) is 6.43 Å². The second kappa shape index (κ2) is 6.15. The molecule has 2 rings (SSSR count). The number of nitrogens with two attached hydrogens (primary N) is 1. The third-order valence-corrected chi connectivity index (χ3v) is 3.53. The Morgan fingerprint density at radius 1 is 1.35 bits per heavy atom. The highest BCUT2D eigenvalue weighted by Crippen LogP contribution is 2.39. The van der Waals surface area contributed by atoms with Crippen molar-refractivity contribution in [3.05, 3.63) is 0 Å². The molecule has 0 radical (unpaired) electrons. The first kappa shape index (κ1) is 14.9. The van der Waals surface area contributed by atoms with Crippen molar-refractivity contribution >= 4 is 29.9 Å². The maximum absolute atomic E-state index is 12.3. The Balaban J connectivity index is 0.00000144. The fourth-order valence-corrected chi connectivity index (χ4v) is 2.11. The van der Waals surface area contributed by atoms with E-state index in [9.17, 15) is 8.78 Å². The predicted molar refractivity (Wildman–Crippen MR) is 74.9 cm³/mol. The number of hydrogen-bond acceptors (Lipinski definition) is 1. The molecule has 0 aromatic carbocycles. The Morgan fingerprint density at radius 2 is 1.94 bits per heavy atom. The fourth-order valence-electron chi connectivity index (χ4n) is 2.11. The van der Waals surface area contributed by atoms with Crippen molar-refractivity contribution in [2.45, 2.75) is 38.7 Å². The molecule has 6 heteroatoms. The van der Waals surface area contributed by atoms with Gasteiger partial charge >= 0.3 is 0 Å². The largest absolute Gasteiger partial charge is 0.370 e. The van der Waals surface area contributed by atoms with Crippen molar-refractivity contribution in [1.29, 1.82) is 0 Å². The summed E-state index contributed by atoms with van der Waals surface area (Å²) < 4.78 is 24.6. The van der Waals surface area contributed by atoms with Crippen LogP contribution >= 0.6 is 24.0 Å². The van der Waals surface area contributed by atoms with Crippen molar-refractivity contribution in [3.63, 3.8) is 0 Å². The molecule has 17 heavy (non-hydrogen) atoms. The number of alkyl halides is 2. The van der Waals surface area contributed by atoms with Crippen LogP contribution in [0, 0.1) is 11.8 Å². The van der Waals surface area contributed by atoms with Crippen molar-refractivity contribution in [2.75, 3.05) is 13.1 Å². The van der Waals surface area contributed by atoms with Crippen LogP contribution in [-0.2, 0) is 0 Å². The van der Waals surface area contributed by atoms with Crippen LogP contribution in [0.15, 0.2) is 4.99 Å². The number of hydrogen-bond donors (Lipinski definition) is 1. The number of aliphatic imine (C=N–C) groups is 1. The highest BCUT2D eigenvalue weighted by atomic mass is 127. The van der Waals surface area contributed by atoms with E-state index < -0.39 is 12.3 Å². The second-order valence-corrected chi connectivity index (χ2v) is 4.96. The zero-order chi connectivity index (χ0) is 11.7. The minimum absolute atomic E-state index is 0. The molecule has 1 heterocycles. The molecule has 1 saturated heterocycles. The van der Waals surface area contributed by atoms with Crippen LogP contribution in [0.25, 0.3) is 0 Å². The molecule has 0 aromatic rings.